The number of fused-ring (bicyclic) bond motifs is 5. The van der Waals surface area contributed by atoms with Gasteiger partial charge >= 0.3 is 6.01 Å². The van der Waals surface area contributed by atoms with Crippen molar-refractivity contribution in [2.75, 3.05) is 64.4 Å². The number of nitrogens with zero attached hydrogens (tertiary/aromatic N) is 8. The number of likely N-dealkylation sites (N-methyl/N-ethyl adjacent to an activating group) is 1. The van der Waals surface area contributed by atoms with Gasteiger partial charge in [0.1, 0.15) is 35.4 Å². The SMILES string of the molecule is C#Cc1cccc2cccc(-c3ncc4c(N5C[C@@H]6CC[C@@H](C5)N6)nc(OC[C@@H]5C[C@H](N6CCN(Cc7ccc8c(c7OC=O)C(=O)N(C7CCC(=O)NC7=O)C8=O)CC6)CN5C)nc4c3F)c12. The summed E-state index contributed by atoms with van der Waals surface area (Å²) in [7, 11) is 2.08. The van der Waals surface area contributed by atoms with E-state index in [-0.39, 0.29) is 65.5 Å². The number of halogens is 1. The maximum Gasteiger partial charge on any atom is 0.319 e. The first-order valence-electron chi connectivity index (χ1n) is 23.2. The van der Waals surface area contributed by atoms with Crippen molar-refractivity contribution in [3.63, 3.8) is 0 Å². The third kappa shape index (κ3) is 7.68. The van der Waals surface area contributed by atoms with Crippen LogP contribution >= 0.6 is 0 Å². The number of ether oxygens (including phenoxy) is 2. The van der Waals surface area contributed by atoms with Crippen molar-refractivity contribution in [1.82, 2.24) is 45.2 Å². The topological polar surface area (TPSA) is 183 Å². The number of amides is 4. The molecule has 11 rings (SSSR count). The summed E-state index contributed by atoms with van der Waals surface area (Å²) in [6, 6.07) is 14.5. The molecular weight excluding hydrogens is 872 g/mol. The Morgan fingerprint density at radius 3 is 2.46 bits per heavy atom. The molecule has 0 saturated carbocycles. The number of piperazine rings is 2. The quantitative estimate of drug-likeness (QED) is 0.112. The molecular formula is C50H49FN10O7. The smallest absolute Gasteiger partial charge is 0.319 e. The molecule has 348 valence electrons. The van der Waals surface area contributed by atoms with Crippen LogP contribution in [0.25, 0.3) is 32.9 Å². The molecule has 17 nitrogen and oxygen atoms in total. The van der Waals surface area contributed by atoms with E-state index < -0.39 is 35.5 Å². The zero-order valence-corrected chi connectivity index (χ0v) is 37.5. The van der Waals surface area contributed by atoms with Crippen LogP contribution in [0.2, 0.25) is 0 Å². The number of rotatable bonds is 11. The van der Waals surface area contributed by atoms with Gasteiger partial charge in [-0.1, -0.05) is 42.3 Å². The number of hydrogen-bond acceptors (Lipinski definition) is 15. The summed E-state index contributed by atoms with van der Waals surface area (Å²) < 4.78 is 28.9. The molecule has 5 fully saturated rings. The lowest BCUT2D eigenvalue weighted by Gasteiger charge is -2.38. The Bertz CT molecular complexity index is 2960. The molecule has 2 aromatic heterocycles. The number of imide groups is 2. The molecule has 6 aliphatic heterocycles. The van der Waals surface area contributed by atoms with Crippen LogP contribution in [0.3, 0.4) is 0 Å². The highest BCUT2D eigenvalue weighted by atomic mass is 19.1. The van der Waals surface area contributed by atoms with E-state index in [1.165, 1.54) is 6.07 Å². The highest BCUT2D eigenvalue weighted by Crippen LogP contribution is 2.39. The molecule has 1 unspecified atom stereocenters. The molecule has 5 aromatic rings. The summed E-state index contributed by atoms with van der Waals surface area (Å²) in [5, 5.41) is 8.04. The van der Waals surface area contributed by atoms with Crippen molar-refractivity contribution in [2.45, 2.75) is 68.9 Å². The van der Waals surface area contributed by atoms with Gasteiger partial charge in [0, 0.05) is 111 Å². The Morgan fingerprint density at radius 2 is 1.71 bits per heavy atom. The lowest BCUT2D eigenvalue weighted by atomic mass is 9.97. The molecule has 68 heavy (non-hydrogen) atoms. The number of anilines is 1. The maximum absolute atomic E-state index is 17.1. The molecule has 5 saturated heterocycles. The summed E-state index contributed by atoms with van der Waals surface area (Å²) in [6.45, 7) is 6.09. The third-order valence-corrected chi connectivity index (χ3v) is 14.7. The summed E-state index contributed by atoms with van der Waals surface area (Å²) in [4.78, 5) is 87.7. The average molecular weight is 921 g/mol. The molecule has 0 aliphatic carbocycles. The van der Waals surface area contributed by atoms with Crippen molar-refractivity contribution >= 4 is 57.6 Å². The molecule has 5 atom stereocenters. The number of likely N-dealkylation sites (tertiary alicyclic amines) is 1. The monoisotopic (exact) mass is 920 g/mol. The van der Waals surface area contributed by atoms with Crippen molar-refractivity contribution in [3.8, 4) is 35.4 Å². The van der Waals surface area contributed by atoms with Crippen LogP contribution in [0.15, 0.2) is 54.7 Å². The fourth-order valence-electron chi connectivity index (χ4n) is 11.2. The zero-order valence-electron chi connectivity index (χ0n) is 37.5. The van der Waals surface area contributed by atoms with Crippen LogP contribution in [-0.4, -0.2) is 154 Å². The average Bonchev–Trinajstić information content (AvgIpc) is 3.98. The van der Waals surface area contributed by atoms with E-state index in [0.717, 1.165) is 67.7 Å². The van der Waals surface area contributed by atoms with Gasteiger partial charge in [0.2, 0.25) is 11.8 Å². The third-order valence-electron chi connectivity index (χ3n) is 14.7. The summed E-state index contributed by atoms with van der Waals surface area (Å²) >= 11 is 0. The van der Waals surface area contributed by atoms with Gasteiger partial charge in [-0.25, -0.2) is 4.39 Å². The molecule has 4 amide bonds. The predicted molar refractivity (Wildman–Crippen MR) is 247 cm³/mol. The minimum Gasteiger partial charge on any atom is -0.462 e. The van der Waals surface area contributed by atoms with Crippen LogP contribution in [0.1, 0.15) is 63.9 Å². The fraction of sp³-hybridized carbons (Fsp3) is 0.400. The second kappa shape index (κ2) is 17.6. The Balaban J connectivity index is 0.780. The highest BCUT2D eigenvalue weighted by molar-refractivity contribution is 6.24. The fourth-order valence-corrected chi connectivity index (χ4v) is 11.2. The van der Waals surface area contributed by atoms with E-state index in [4.69, 9.17) is 30.8 Å². The van der Waals surface area contributed by atoms with Crippen LogP contribution in [0, 0.1) is 18.2 Å². The van der Waals surface area contributed by atoms with E-state index in [0.29, 0.717) is 66.2 Å². The second-order valence-corrected chi connectivity index (χ2v) is 18.7. The molecule has 8 heterocycles. The Hall–Kier alpha value is -6.91. The largest absolute Gasteiger partial charge is 0.462 e. The molecule has 2 N–H and O–H groups in total. The van der Waals surface area contributed by atoms with E-state index in [9.17, 15) is 24.0 Å². The number of nitrogens with one attached hydrogen (secondary N) is 2. The van der Waals surface area contributed by atoms with E-state index in [2.05, 4.69) is 43.2 Å². The zero-order chi connectivity index (χ0) is 46.8. The molecule has 2 bridgehead atoms. The van der Waals surface area contributed by atoms with Crippen molar-refractivity contribution in [1.29, 1.82) is 0 Å². The molecule has 18 heteroatoms. The first-order chi connectivity index (χ1) is 33.1. The number of pyridine rings is 1. The van der Waals surface area contributed by atoms with Crippen LogP contribution < -0.4 is 25.0 Å². The summed E-state index contributed by atoms with van der Waals surface area (Å²) in [5.74, 6) is 0.214. The van der Waals surface area contributed by atoms with E-state index in [1.54, 1.807) is 12.3 Å². The van der Waals surface area contributed by atoms with Crippen molar-refractivity contribution < 1.29 is 37.8 Å². The van der Waals surface area contributed by atoms with Gasteiger partial charge in [-0.3, -0.25) is 53.9 Å². The predicted octanol–water partition coefficient (Wildman–Crippen LogP) is 3.11. The van der Waals surface area contributed by atoms with Crippen molar-refractivity contribution in [2.24, 2.45) is 0 Å². The van der Waals surface area contributed by atoms with Gasteiger partial charge in [-0.2, -0.15) is 9.97 Å². The highest BCUT2D eigenvalue weighted by Gasteiger charge is 2.47. The molecule has 6 aliphatic rings. The minimum absolute atomic E-state index is 0.000736. The minimum atomic E-state index is -1.14. The Labute approximate surface area is 390 Å². The van der Waals surface area contributed by atoms with Gasteiger partial charge in [0.25, 0.3) is 18.3 Å². The van der Waals surface area contributed by atoms with Gasteiger partial charge in [-0.15, -0.1) is 6.42 Å². The Kier molecular flexibility index (Phi) is 11.3. The van der Waals surface area contributed by atoms with E-state index >= 15 is 4.39 Å². The second-order valence-electron chi connectivity index (χ2n) is 18.7. The Morgan fingerprint density at radius 1 is 0.926 bits per heavy atom. The molecule has 0 spiro atoms. The van der Waals surface area contributed by atoms with Gasteiger partial charge in [-0.05, 0) is 50.2 Å². The van der Waals surface area contributed by atoms with Gasteiger partial charge in [0.05, 0.1) is 16.5 Å². The number of benzene rings is 3. The molecule has 0 radical (unpaired) electrons. The summed E-state index contributed by atoms with van der Waals surface area (Å²) in [6.07, 6.45) is 10.6. The van der Waals surface area contributed by atoms with Crippen LogP contribution in [-0.2, 0) is 20.9 Å². The number of piperidine rings is 1. The lowest BCUT2D eigenvalue weighted by Crippen LogP contribution is -2.54. The molecule has 3 aromatic carbocycles. The lowest BCUT2D eigenvalue weighted by molar-refractivity contribution is -0.136. The van der Waals surface area contributed by atoms with E-state index in [1.807, 2.05) is 36.4 Å². The number of carbonyl (C=O) groups is 5. The summed E-state index contributed by atoms with van der Waals surface area (Å²) in [5.41, 5.74) is 2.10. The number of terminal acetylenes is 1. The van der Waals surface area contributed by atoms with Crippen molar-refractivity contribution in [3.05, 3.63) is 82.8 Å². The van der Waals surface area contributed by atoms with Crippen LogP contribution in [0.5, 0.6) is 11.8 Å². The normalized spacial score (nSPS) is 24.5. The standard InChI is InChI=1S/C50H49FN10O7/c1-3-28-6-4-7-29-8-5-9-35(40(28)29)43-42(51)44-37(21-52-43)46(60-23-31-11-12-32(24-60)53-31)56-50(55-44)67-26-34-20-33(25-57(34)2)59-18-16-58(17-19-59)22-30-10-13-36-41(45(30)68-27-62)49(66)61(48(36)65)38-14-15-39(63)54-47(38)64/h1,4-10,13,21,27,31-34,38,53H,11-12,14-20,22-26H2,2H3,(H,54,63,64)/t31-,32-,33-,34-,38?/m0/s1. The first kappa shape index (κ1) is 43.6. The first-order valence-corrected chi connectivity index (χ1v) is 23.2. The van der Waals surface area contributed by atoms with Gasteiger partial charge < -0.3 is 19.7 Å². The van der Waals surface area contributed by atoms with Crippen LogP contribution in [0.4, 0.5) is 10.2 Å². The number of carbonyl (C=O) groups excluding carboxylic acids is 5. The van der Waals surface area contributed by atoms with Gasteiger partial charge in [0.15, 0.2) is 5.82 Å². The number of hydrogen-bond donors (Lipinski definition) is 2. The number of aromatic nitrogens is 3. The maximum atomic E-state index is 17.1.